The predicted octanol–water partition coefficient (Wildman–Crippen LogP) is 5.35. The third-order valence-electron chi connectivity index (χ3n) is 4.03. The summed E-state index contributed by atoms with van der Waals surface area (Å²) in [6.07, 6.45) is 3.10. The minimum Gasteiger partial charge on any atom is -0.377 e. The van der Waals surface area contributed by atoms with Gasteiger partial charge in [-0.1, -0.05) is 36.7 Å². The van der Waals surface area contributed by atoms with E-state index in [1.165, 1.54) is 12.1 Å². The van der Waals surface area contributed by atoms with E-state index in [0.29, 0.717) is 15.8 Å². The molecule has 1 aromatic carbocycles. The van der Waals surface area contributed by atoms with Crippen LogP contribution in [0.25, 0.3) is 0 Å². The van der Waals surface area contributed by atoms with E-state index >= 15 is 0 Å². The Morgan fingerprint density at radius 3 is 2.37 bits per heavy atom. The number of rotatable bonds is 2. The summed E-state index contributed by atoms with van der Waals surface area (Å²) in [6, 6.07) is 2.73. The van der Waals surface area contributed by atoms with Gasteiger partial charge in [-0.05, 0) is 42.7 Å². The molecule has 0 spiro atoms. The van der Waals surface area contributed by atoms with E-state index in [-0.39, 0.29) is 11.7 Å². The Balaban J connectivity index is 2.14. The van der Waals surface area contributed by atoms with Crippen LogP contribution >= 0.6 is 15.9 Å². The summed E-state index contributed by atoms with van der Waals surface area (Å²) in [5, 5.41) is 3.06. The first kappa shape index (κ1) is 14.8. The van der Waals surface area contributed by atoms with Crippen molar-refractivity contribution in [3.63, 3.8) is 0 Å². The molecule has 1 nitrogen and oxygen atoms in total. The first-order valence-corrected chi connectivity index (χ1v) is 7.49. The summed E-state index contributed by atoms with van der Waals surface area (Å²) in [5.74, 6) is -0.668. The highest BCUT2D eigenvalue weighted by Gasteiger charge is 2.33. The van der Waals surface area contributed by atoms with Crippen molar-refractivity contribution >= 4 is 21.6 Å². The van der Waals surface area contributed by atoms with Gasteiger partial charge < -0.3 is 5.32 Å². The van der Waals surface area contributed by atoms with Crippen molar-refractivity contribution in [2.45, 2.75) is 46.1 Å². The van der Waals surface area contributed by atoms with Gasteiger partial charge in [0.25, 0.3) is 0 Å². The van der Waals surface area contributed by atoms with Gasteiger partial charge in [-0.3, -0.25) is 0 Å². The van der Waals surface area contributed by atoms with Gasteiger partial charge in [0.05, 0.1) is 0 Å². The van der Waals surface area contributed by atoms with E-state index in [9.17, 15) is 8.78 Å². The fourth-order valence-corrected chi connectivity index (χ4v) is 3.43. The molecule has 0 heterocycles. The molecule has 106 valence electrons. The fourth-order valence-electron chi connectivity index (χ4n) is 3.03. The molecule has 1 aliphatic carbocycles. The van der Waals surface area contributed by atoms with Gasteiger partial charge in [0.1, 0.15) is 17.3 Å². The second-order valence-electron chi connectivity index (χ2n) is 6.38. The molecule has 2 atom stereocenters. The van der Waals surface area contributed by atoms with Crippen molar-refractivity contribution in [3.05, 3.63) is 28.2 Å². The smallest absolute Gasteiger partial charge is 0.150 e. The molecule has 0 amide bonds. The minimum absolute atomic E-state index is 0.000226. The quantitative estimate of drug-likeness (QED) is 0.769. The topological polar surface area (TPSA) is 12.0 Å². The SMILES string of the molecule is CC1CC(C)(C)CCC1Nc1c(F)cc(Br)cc1F. The molecule has 1 aliphatic rings. The molecule has 1 fully saturated rings. The maximum Gasteiger partial charge on any atom is 0.150 e. The van der Waals surface area contributed by atoms with Crippen molar-refractivity contribution < 1.29 is 8.78 Å². The summed E-state index contributed by atoms with van der Waals surface area (Å²) >= 11 is 3.09. The number of anilines is 1. The molecule has 0 aromatic heterocycles. The number of nitrogens with one attached hydrogen (secondary N) is 1. The lowest BCUT2D eigenvalue weighted by Gasteiger charge is -2.40. The zero-order chi connectivity index (χ0) is 14.2. The lowest BCUT2D eigenvalue weighted by Crippen LogP contribution is -2.37. The highest BCUT2D eigenvalue weighted by molar-refractivity contribution is 9.10. The molecule has 0 bridgehead atoms. The largest absolute Gasteiger partial charge is 0.377 e. The van der Waals surface area contributed by atoms with Crippen LogP contribution in [0, 0.1) is 23.0 Å². The van der Waals surface area contributed by atoms with Gasteiger partial charge >= 0.3 is 0 Å². The summed E-state index contributed by atoms with van der Waals surface area (Å²) in [6.45, 7) is 6.65. The molecule has 1 saturated carbocycles. The molecule has 4 heteroatoms. The zero-order valence-electron chi connectivity index (χ0n) is 11.6. The molecule has 1 N–H and O–H groups in total. The Bertz CT molecular complexity index is 450. The van der Waals surface area contributed by atoms with Crippen LogP contribution < -0.4 is 5.32 Å². The van der Waals surface area contributed by atoms with Crippen molar-refractivity contribution in [1.29, 1.82) is 0 Å². The summed E-state index contributed by atoms with van der Waals surface area (Å²) in [4.78, 5) is 0. The average molecular weight is 332 g/mol. The van der Waals surface area contributed by atoms with Crippen LogP contribution in [0.15, 0.2) is 16.6 Å². The summed E-state index contributed by atoms with van der Waals surface area (Å²) in [5.41, 5.74) is 0.328. The van der Waals surface area contributed by atoms with Crippen LogP contribution in [0.2, 0.25) is 0 Å². The monoisotopic (exact) mass is 331 g/mol. The van der Waals surface area contributed by atoms with E-state index in [1.54, 1.807) is 0 Å². The van der Waals surface area contributed by atoms with Crippen molar-refractivity contribution in [3.8, 4) is 0 Å². The molecule has 0 aliphatic heterocycles. The fraction of sp³-hybridized carbons (Fsp3) is 0.600. The van der Waals surface area contributed by atoms with Crippen LogP contribution in [-0.2, 0) is 0 Å². The van der Waals surface area contributed by atoms with E-state index in [2.05, 4.69) is 42.0 Å². The predicted molar refractivity (Wildman–Crippen MR) is 78.3 cm³/mol. The van der Waals surface area contributed by atoms with E-state index in [0.717, 1.165) is 19.3 Å². The van der Waals surface area contributed by atoms with Crippen molar-refractivity contribution in [2.75, 3.05) is 5.32 Å². The van der Waals surface area contributed by atoms with Crippen molar-refractivity contribution in [1.82, 2.24) is 0 Å². The van der Waals surface area contributed by atoms with E-state index in [1.807, 2.05) is 0 Å². The Morgan fingerprint density at radius 1 is 1.26 bits per heavy atom. The highest BCUT2D eigenvalue weighted by atomic mass is 79.9. The molecule has 2 rings (SSSR count). The third kappa shape index (κ3) is 3.47. The van der Waals surface area contributed by atoms with Gasteiger partial charge in [-0.15, -0.1) is 0 Å². The number of halogens is 3. The van der Waals surface area contributed by atoms with E-state index in [4.69, 9.17) is 0 Å². The number of benzene rings is 1. The van der Waals surface area contributed by atoms with Gasteiger partial charge in [0.15, 0.2) is 0 Å². The Morgan fingerprint density at radius 2 is 1.84 bits per heavy atom. The molecule has 0 radical (unpaired) electrons. The van der Waals surface area contributed by atoms with Crippen LogP contribution in [0.5, 0.6) is 0 Å². The first-order chi connectivity index (χ1) is 8.78. The standard InChI is InChI=1S/C15H20BrF2N/c1-9-8-15(2,3)5-4-13(9)19-14-11(17)6-10(16)7-12(14)18/h6-7,9,13,19H,4-5,8H2,1-3H3. The van der Waals surface area contributed by atoms with E-state index < -0.39 is 11.6 Å². The highest BCUT2D eigenvalue weighted by Crippen LogP contribution is 2.40. The maximum atomic E-state index is 13.8. The Kier molecular flexibility index (Phi) is 4.19. The molecule has 2 unspecified atom stereocenters. The van der Waals surface area contributed by atoms with Crippen LogP contribution in [0.4, 0.5) is 14.5 Å². The van der Waals surface area contributed by atoms with Crippen molar-refractivity contribution in [2.24, 2.45) is 11.3 Å². The van der Waals surface area contributed by atoms with Gasteiger partial charge in [-0.25, -0.2) is 8.78 Å². The summed E-state index contributed by atoms with van der Waals surface area (Å²) < 4.78 is 28.0. The van der Waals surface area contributed by atoms with Crippen LogP contribution in [-0.4, -0.2) is 6.04 Å². The lowest BCUT2D eigenvalue weighted by molar-refractivity contribution is 0.176. The molecular formula is C15H20BrF2N. The number of hydrogen-bond donors (Lipinski definition) is 1. The minimum atomic E-state index is -0.538. The molecule has 0 saturated heterocycles. The van der Waals surface area contributed by atoms with Gasteiger partial charge in [0.2, 0.25) is 0 Å². The second kappa shape index (κ2) is 5.39. The van der Waals surface area contributed by atoms with Crippen LogP contribution in [0.3, 0.4) is 0 Å². The Hall–Kier alpha value is -0.640. The van der Waals surface area contributed by atoms with Gasteiger partial charge in [-0.2, -0.15) is 0 Å². The first-order valence-electron chi connectivity index (χ1n) is 6.69. The second-order valence-corrected chi connectivity index (χ2v) is 7.30. The lowest BCUT2D eigenvalue weighted by atomic mass is 9.70. The number of hydrogen-bond acceptors (Lipinski definition) is 1. The maximum absolute atomic E-state index is 13.8. The zero-order valence-corrected chi connectivity index (χ0v) is 13.2. The molecular weight excluding hydrogens is 312 g/mol. The van der Waals surface area contributed by atoms with Crippen LogP contribution in [0.1, 0.15) is 40.0 Å². The average Bonchev–Trinajstić information content (AvgIpc) is 2.24. The third-order valence-corrected chi connectivity index (χ3v) is 4.49. The summed E-state index contributed by atoms with van der Waals surface area (Å²) in [7, 11) is 0. The molecule has 19 heavy (non-hydrogen) atoms. The molecule has 1 aromatic rings. The van der Waals surface area contributed by atoms with Gasteiger partial charge in [0, 0.05) is 10.5 Å². The Labute approximate surface area is 121 Å². The normalized spacial score (nSPS) is 26.2.